The van der Waals surface area contributed by atoms with Crippen molar-refractivity contribution in [2.45, 2.75) is 34.1 Å². The summed E-state index contributed by atoms with van der Waals surface area (Å²) in [6, 6.07) is 10.6. The Balaban J connectivity index is 2.20. The van der Waals surface area contributed by atoms with Crippen LogP contribution >= 0.6 is 9.24 Å². The summed E-state index contributed by atoms with van der Waals surface area (Å²) in [4.78, 5) is 0. The van der Waals surface area contributed by atoms with Crippen LogP contribution in [0.2, 0.25) is 0 Å². The number of allylic oxidation sites excluding steroid dienone is 3. The van der Waals surface area contributed by atoms with Gasteiger partial charge in [0.05, 0.1) is 7.11 Å². The fourth-order valence-electron chi connectivity index (χ4n) is 2.81. The van der Waals surface area contributed by atoms with Gasteiger partial charge >= 0.3 is 0 Å². The third kappa shape index (κ3) is 4.36. The fraction of sp³-hybridized carbons (Fsp3) is 0.273. The first-order valence-electron chi connectivity index (χ1n) is 8.27. The van der Waals surface area contributed by atoms with Gasteiger partial charge in [0.25, 0.3) is 0 Å². The number of methoxy groups -OCH3 is 1. The van der Waals surface area contributed by atoms with Gasteiger partial charge in [-0.1, -0.05) is 48.1 Å². The van der Waals surface area contributed by atoms with Gasteiger partial charge < -0.3 is 4.74 Å². The molecule has 2 rings (SSSR count). The Bertz CT molecular complexity index is 785. The minimum atomic E-state index is 0.954. The molecule has 0 saturated heterocycles. The van der Waals surface area contributed by atoms with E-state index in [1.54, 1.807) is 7.11 Å². The molecular formula is C22H27OP. The second kappa shape index (κ2) is 8.31. The van der Waals surface area contributed by atoms with Crippen LogP contribution in [0.5, 0.6) is 5.75 Å². The second-order valence-electron chi connectivity index (χ2n) is 6.24. The Morgan fingerprint density at radius 2 is 1.83 bits per heavy atom. The van der Waals surface area contributed by atoms with Crippen LogP contribution in [-0.4, -0.2) is 7.11 Å². The molecule has 2 heteroatoms. The number of hydrogen-bond acceptors (Lipinski definition) is 1. The number of ether oxygens (including phenoxy) is 1. The molecule has 0 heterocycles. The summed E-state index contributed by atoms with van der Waals surface area (Å²) in [6.45, 7) is 8.57. The minimum Gasteiger partial charge on any atom is -0.496 e. The zero-order chi connectivity index (χ0) is 17.7. The maximum Gasteiger partial charge on any atom is 0.122 e. The van der Waals surface area contributed by atoms with E-state index in [4.69, 9.17) is 4.74 Å². The normalized spacial score (nSPS) is 12.0. The van der Waals surface area contributed by atoms with Gasteiger partial charge in [0.2, 0.25) is 0 Å². The first-order chi connectivity index (χ1) is 11.4. The van der Waals surface area contributed by atoms with Crippen molar-refractivity contribution in [3.05, 3.63) is 75.9 Å². The summed E-state index contributed by atoms with van der Waals surface area (Å²) in [7, 11) is 4.54. The maximum atomic E-state index is 5.45. The van der Waals surface area contributed by atoms with Crippen LogP contribution in [0.1, 0.15) is 34.7 Å². The molecule has 24 heavy (non-hydrogen) atoms. The molecule has 0 spiro atoms. The third-order valence-corrected chi connectivity index (χ3v) is 5.10. The van der Waals surface area contributed by atoms with E-state index in [0.717, 1.165) is 12.2 Å². The van der Waals surface area contributed by atoms with Crippen molar-refractivity contribution in [2.24, 2.45) is 0 Å². The smallest absolute Gasteiger partial charge is 0.122 e. The zero-order valence-electron chi connectivity index (χ0n) is 15.3. The van der Waals surface area contributed by atoms with Crippen LogP contribution in [0.4, 0.5) is 0 Å². The molecule has 0 N–H and O–H groups in total. The molecule has 0 saturated carbocycles. The first-order valence-corrected chi connectivity index (χ1v) is 8.84. The molecule has 0 bridgehead atoms. The van der Waals surface area contributed by atoms with E-state index >= 15 is 0 Å². The topological polar surface area (TPSA) is 9.23 Å². The molecule has 2 aromatic carbocycles. The van der Waals surface area contributed by atoms with Gasteiger partial charge in [-0.15, -0.1) is 9.24 Å². The van der Waals surface area contributed by atoms with Crippen molar-refractivity contribution in [1.29, 1.82) is 0 Å². The third-order valence-electron chi connectivity index (χ3n) is 4.54. The van der Waals surface area contributed by atoms with Crippen LogP contribution in [0.3, 0.4) is 0 Å². The summed E-state index contributed by atoms with van der Waals surface area (Å²) in [5, 5.41) is 1.27. The van der Waals surface area contributed by atoms with E-state index in [0.29, 0.717) is 0 Å². The van der Waals surface area contributed by atoms with Crippen molar-refractivity contribution in [2.75, 3.05) is 7.11 Å². The number of rotatable bonds is 5. The molecule has 1 unspecified atom stereocenters. The quantitative estimate of drug-likeness (QED) is 0.529. The largest absolute Gasteiger partial charge is 0.496 e. The summed E-state index contributed by atoms with van der Waals surface area (Å²) in [5.41, 5.74) is 7.65. The van der Waals surface area contributed by atoms with E-state index in [1.807, 2.05) is 0 Å². The standard InChI is InChI=1S/C22H27OP/c1-15(10-12-19-8-6-7-9-22(19)24)11-13-20-16(2)14-21(23-5)18(4)17(20)3/h6-11,13-14H,12,24H2,1-5H3/b13-11+,15-10+. The number of aryl methyl sites for hydroxylation is 1. The van der Waals surface area contributed by atoms with Gasteiger partial charge in [-0.25, -0.2) is 0 Å². The van der Waals surface area contributed by atoms with E-state index in [1.165, 1.54) is 38.7 Å². The van der Waals surface area contributed by atoms with Gasteiger partial charge in [0, 0.05) is 0 Å². The lowest BCUT2D eigenvalue weighted by molar-refractivity contribution is 0.411. The highest BCUT2D eigenvalue weighted by atomic mass is 31.0. The highest BCUT2D eigenvalue weighted by Crippen LogP contribution is 2.28. The SMILES string of the molecule is COc1cc(C)c(/C=C/C(C)=C/Cc2ccccc2P)c(C)c1C. The molecule has 1 atom stereocenters. The molecule has 1 nitrogen and oxygen atoms in total. The Morgan fingerprint density at radius 1 is 1.12 bits per heavy atom. The van der Waals surface area contributed by atoms with E-state index in [9.17, 15) is 0 Å². The highest BCUT2D eigenvalue weighted by Gasteiger charge is 2.08. The second-order valence-corrected chi connectivity index (χ2v) is 6.87. The van der Waals surface area contributed by atoms with Gasteiger partial charge in [-0.3, -0.25) is 0 Å². The molecule has 0 aliphatic rings. The first kappa shape index (κ1) is 18.5. The summed E-state index contributed by atoms with van der Waals surface area (Å²) >= 11 is 0. The van der Waals surface area contributed by atoms with Crippen LogP contribution in [-0.2, 0) is 6.42 Å². The van der Waals surface area contributed by atoms with Crippen LogP contribution < -0.4 is 10.0 Å². The van der Waals surface area contributed by atoms with Crippen LogP contribution in [0.15, 0.2) is 48.1 Å². The molecule has 0 amide bonds. The van der Waals surface area contributed by atoms with Gasteiger partial charge in [-0.2, -0.15) is 0 Å². The molecular weight excluding hydrogens is 311 g/mol. The van der Waals surface area contributed by atoms with E-state index < -0.39 is 0 Å². The lowest BCUT2D eigenvalue weighted by Crippen LogP contribution is -1.99. The Labute approximate surface area is 148 Å². The van der Waals surface area contributed by atoms with Gasteiger partial charge in [0.1, 0.15) is 5.75 Å². The molecule has 0 aliphatic heterocycles. The summed E-state index contributed by atoms with van der Waals surface area (Å²) in [5.74, 6) is 0.964. The summed E-state index contributed by atoms with van der Waals surface area (Å²) in [6.07, 6.45) is 7.65. The van der Waals surface area contributed by atoms with Crippen molar-refractivity contribution in [1.82, 2.24) is 0 Å². The molecule has 0 aromatic heterocycles. The summed E-state index contributed by atoms with van der Waals surface area (Å²) < 4.78 is 5.45. The van der Waals surface area contributed by atoms with Gasteiger partial charge in [0.15, 0.2) is 0 Å². The van der Waals surface area contributed by atoms with Crippen molar-refractivity contribution in [3.63, 3.8) is 0 Å². The predicted molar refractivity (Wildman–Crippen MR) is 109 cm³/mol. The zero-order valence-corrected chi connectivity index (χ0v) is 16.5. The Morgan fingerprint density at radius 3 is 2.50 bits per heavy atom. The van der Waals surface area contributed by atoms with Gasteiger partial charge in [-0.05, 0) is 73.3 Å². The van der Waals surface area contributed by atoms with Crippen LogP contribution in [0.25, 0.3) is 6.08 Å². The predicted octanol–water partition coefficient (Wildman–Crippen LogP) is 5.32. The average Bonchev–Trinajstić information content (AvgIpc) is 2.57. The minimum absolute atomic E-state index is 0.954. The van der Waals surface area contributed by atoms with Crippen molar-refractivity contribution < 1.29 is 4.74 Å². The van der Waals surface area contributed by atoms with Crippen molar-refractivity contribution in [3.8, 4) is 5.75 Å². The molecule has 0 fully saturated rings. The Hall–Kier alpha value is -1.85. The number of hydrogen-bond donors (Lipinski definition) is 0. The maximum absolute atomic E-state index is 5.45. The van der Waals surface area contributed by atoms with Crippen LogP contribution in [0, 0.1) is 20.8 Å². The lowest BCUT2D eigenvalue weighted by atomic mass is 9.96. The molecule has 0 aliphatic carbocycles. The molecule has 2 aromatic rings. The highest BCUT2D eigenvalue weighted by molar-refractivity contribution is 7.27. The van der Waals surface area contributed by atoms with E-state index in [-0.39, 0.29) is 0 Å². The average molecular weight is 338 g/mol. The van der Waals surface area contributed by atoms with Crippen molar-refractivity contribution >= 4 is 20.6 Å². The Kier molecular flexibility index (Phi) is 6.40. The number of benzene rings is 2. The molecule has 126 valence electrons. The molecule has 0 radical (unpaired) electrons. The monoisotopic (exact) mass is 338 g/mol. The lowest BCUT2D eigenvalue weighted by Gasteiger charge is -2.13. The van der Waals surface area contributed by atoms with E-state index in [2.05, 4.69) is 85.5 Å². The fourth-order valence-corrected chi connectivity index (χ4v) is 3.13.